The van der Waals surface area contributed by atoms with Crippen molar-refractivity contribution in [3.63, 3.8) is 0 Å². The highest BCUT2D eigenvalue weighted by atomic mass is 16.7. The van der Waals surface area contributed by atoms with Crippen LogP contribution in [0.3, 0.4) is 0 Å². The lowest BCUT2D eigenvalue weighted by molar-refractivity contribution is -0.105. The molecule has 0 saturated carbocycles. The van der Waals surface area contributed by atoms with Gasteiger partial charge in [-0.15, -0.1) is 0 Å². The molecule has 5 heteroatoms. The zero-order chi connectivity index (χ0) is 27.8. The Morgan fingerprint density at radius 2 is 1.30 bits per heavy atom. The highest BCUT2D eigenvalue weighted by molar-refractivity contribution is 5.42. The Morgan fingerprint density at radius 1 is 0.750 bits per heavy atom. The van der Waals surface area contributed by atoms with Crippen molar-refractivity contribution >= 4 is 0 Å². The van der Waals surface area contributed by atoms with Gasteiger partial charge >= 0.3 is 0 Å². The zero-order valence-corrected chi connectivity index (χ0v) is 23.1. The molecule has 40 heavy (non-hydrogen) atoms. The van der Waals surface area contributed by atoms with Crippen LogP contribution in [0, 0.1) is 11.3 Å². The minimum atomic E-state index is -0.165. The molecule has 1 aliphatic rings. The summed E-state index contributed by atoms with van der Waals surface area (Å²) < 4.78 is 23.7. The molecule has 0 spiro atoms. The Labute approximate surface area is 236 Å². The first-order valence-corrected chi connectivity index (χ1v) is 13.8. The highest BCUT2D eigenvalue weighted by Gasteiger charge is 2.23. The second-order valence-electron chi connectivity index (χ2n) is 10.6. The summed E-state index contributed by atoms with van der Waals surface area (Å²) in [5.41, 5.74) is 5.02. The van der Waals surface area contributed by atoms with Crippen LogP contribution in [-0.2, 0) is 23.4 Å². The highest BCUT2D eigenvalue weighted by Crippen LogP contribution is 2.34. The Bertz CT molecular complexity index is 1410. The molecule has 204 valence electrons. The predicted octanol–water partition coefficient (Wildman–Crippen LogP) is 7.95. The molecule has 0 aliphatic carbocycles. The van der Waals surface area contributed by atoms with Crippen molar-refractivity contribution in [3.05, 3.63) is 125 Å². The summed E-state index contributed by atoms with van der Waals surface area (Å²) in [5.74, 6) is 2.41. The van der Waals surface area contributed by atoms with E-state index in [0.717, 1.165) is 54.2 Å². The monoisotopic (exact) mass is 533 g/mol. The summed E-state index contributed by atoms with van der Waals surface area (Å²) in [4.78, 5) is 0. The number of hydrogen-bond donors (Lipinski definition) is 0. The maximum Gasteiger partial charge on any atom is 0.199 e. The molecule has 1 aliphatic heterocycles. The molecule has 1 heterocycles. The first kappa shape index (κ1) is 27.3. The molecule has 1 fully saturated rings. The molecule has 4 aromatic rings. The predicted molar refractivity (Wildman–Crippen MR) is 155 cm³/mol. The minimum absolute atomic E-state index is 0.134. The largest absolute Gasteiger partial charge is 0.489 e. The van der Waals surface area contributed by atoms with E-state index in [9.17, 15) is 0 Å². The van der Waals surface area contributed by atoms with Crippen LogP contribution in [0.5, 0.6) is 17.2 Å². The van der Waals surface area contributed by atoms with E-state index in [0.29, 0.717) is 18.8 Å². The quantitative estimate of drug-likeness (QED) is 0.207. The second kappa shape index (κ2) is 12.7. The van der Waals surface area contributed by atoms with Crippen LogP contribution in [0.4, 0.5) is 0 Å². The third kappa shape index (κ3) is 7.02. The van der Waals surface area contributed by atoms with Crippen LogP contribution < -0.4 is 14.2 Å². The molecule has 4 aromatic carbocycles. The Hall–Kier alpha value is -4.27. The Kier molecular flexibility index (Phi) is 8.68. The molecule has 1 atom stereocenters. The maximum absolute atomic E-state index is 8.94. The van der Waals surface area contributed by atoms with E-state index in [-0.39, 0.29) is 11.7 Å². The SMILES string of the molecule is CC(C)(c1ccc(OCc2cccc(COc3ccc(C#N)cc3)c2)cc1)c1ccc(OC2CCCCO2)cc1. The molecule has 0 aromatic heterocycles. The molecule has 0 radical (unpaired) electrons. The molecule has 5 nitrogen and oxygen atoms in total. The number of rotatable bonds is 10. The number of hydrogen-bond acceptors (Lipinski definition) is 5. The normalized spacial score (nSPS) is 15.2. The summed E-state index contributed by atoms with van der Waals surface area (Å²) in [5, 5.41) is 8.94. The average molecular weight is 534 g/mol. The van der Waals surface area contributed by atoms with Crippen molar-refractivity contribution in [2.45, 2.75) is 58.0 Å². The lowest BCUT2D eigenvalue weighted by Gasteiger charge is -2.27. The van der Waals surface area contributed by atoms with E-state index in [1.54, 1.807) is 12.1 Å². The molecule has 0 N–H and O–H groups in total. The van der Waals surface area contributed by atoms with Crippen molar-refractivity contribution in [2.75, 3.05) is 6.61 Å². The molecule has 1 saturated heterocycles. The third-order valence-electron chi connectivity index (χ3n) is 7.34. The summed E-state index contributed by atoms with van der Waals surface area (Å²) >= 11 is 0. The van der Waals surface area contributed by atoms with E-state index in [2.05, 4.69) is 56.3 Å². The molecule has 0 amide bonds. The van der Waals surface area contributed by atoms with Gasteiger partial charge in [-0.3, -0.25) is 0 Å². The Balaban J connectivity index is 1.15. The fourth-order valence-corrected chi connectivity index (χ4v) is 4.81. The van der Waals surface area contributed by atoms with Crippen molar-refractivity contribution in [1.29, 1.82) is 5.26 Å². The summed E-state index contributed by atoms with van der Waals surface area (Å²) in [6.07, 6.45) is 3.07. The molecule has 0 bridgehead atoms. The van der Waals surface area contributed by atoms with Gasteiger partial charge in [0.05, 0.1) is 18.2 Å². The van der Waals surface area contributed by atoms with Gasteiger partial charge in [0.1, 0.15) is 30.5 Å². The smallest absolute Gasteiger partial charge is 0.199 e. The van der Waals surface area contributed by atoms with Gasteiger partial charge in [0.2, 0.25) is 0 Å². The van der Waals surface area contributed by atoms with E-state index >= 15 is 0 Å². The van der Waals surface area contributed by atoms with Gasteiger partial charge in [0.25, 0.3) is 0 Å². The molecule has 1 unspecified atom stereocenters. The molecule has 5 rings (SSSR count). The van der Waals surface area contributed by atoms with Crippen LogP contribution in [0.2, 0.25) is 0 Å². The standard InChI is InChI=1S/C35H35NO4/c1-35(2,30-13-19-33(20-14-30)40-34-8-3-4-21-37-34)29-11-17-32(18-12-29)39-25-28-7-5-6-27(22-28)24-38-31-15-9-26(23-36)10-16-31/h5-7,9-20,22,34H,3-4,8,21,24-25H2,1-2H3. The van der Waals surface area contributed by atoms with Gasteiger partial charge in [0.15, 0.2) is 6.29 Å². The van der Waals surface area contributed by atoms with Crippen molar-refractivity contribution < 1.29 is 18.9 Å². The van der Waals surface area contributed by atoms with Crippen molar-refractivity contribution in [2.24, 2.45) is 0 Å². The van der Waals surface area contributed by atoms with Gasteiger partial charge in [-0.2, -0.15) is 5.26 Å². The van der Waals surface area contributed by atoms with Crippen LogP contribution in [0.1, 0.15) is 60.9 Å². The van der Waals surface area contributed by atoms with Gasteiger partial charge in [0, 0.05) is 11.8 Å². The van der Waals surface area contributed by atoms with Crippen LogP contribution in [-0.4, -0.2) is 12.9 Å². The zero-order valence-electron chi connectivity index (χ0n) is 23.1. The fourth-order valence-electron chi connectivity index (χ4n) is 4.81. The van der Waals surface area contributed by atoms with Gasteiger partial charge in [-0.05, 0) is 89.7 Å². The number of nitriles is 1. The van der Waals surface area contributed by atoms with Crippen LogP contribution in [0.15, 0.2) is 97.1 Å². The number of benzene rings is 4. The van der Waals surface area contributed by atoms with Crippen LogP contribution >= 0.6 is 0 Å². The van der Waals surface area contributed by atoms with E-state index in [4.69, 9.17) is 24.2 Å². The summed E-state index contributed by atoms with van der Waals surface area (Å²) in [6.45, 7) is 6.16. The van der Waals surface area contributed by atoms with E-state index < -0.39 is 0 Å². The van der Waals surface area contributed by atoms with Crippen LogP contribution in [0.25, 0.3) is 0 Å². The van der Waals surface area contributed by atoms with Gasteiger partial charge in [-0.1, -0.05) is 56.3 Å². The molecular weight excluding hydrogens is 498 g/mol. The lowest BCUT2D eigenvalue weighted by atomic mass is 9.78. The van der Waals surface area contributed by atoms with E-state index in [1.165, 1.54) is 11.1 Å². The summed E-state index contributed by atoms with van der Waals surface area (Å²) in [6, 6.07) is 34.1. The second-order valence-corrected chi connectivity index (χ2v) is 10.6. The minimum Gasteiger partial charge on any atom is -0.489 e. The van der Waals surface area contributed by atoms with Crippen molar-refractivity contribution in [1.82, 2.24) is 0 Å². The van der Waals surface area contributed by atoms with Crippen molar-refractivity contribution in [3.8, 4) is 23.3 Å². The Morgan fingerprint density at radius 3 is 1.82 bits per heavy atom. The lowest BCUT2D eigenvalue weighted by Crippen LogP contribution is -2.25. The first-order valence-electron chi connectivity index (χ1n) is 13.8. The third-order valence-corrected chi connectivity index (χ3v) is 7.34. The maximum atomic E-state index is 8.94. The first-order chi connectivity index (χ1) is 19.5. The van der Waals surface area contributed by atoms with E-state index in [1.807, 2.05) is 48.5 Å². The molecular formula is C35H35NO4. The van der Waals surface area contributed by atoms with Gasteiger partial charge < -0.3 is 18.9 Å². The number of nitrogens with zero attached hydrogens (tertiary/aromatic N) is 1. The summed E-state index contributed by atoms with van der Waals surface area (Å²) in [7, 11) is 0. The fraction of sp³-hybridized carbons (Fsp3) is 0.286. The average Bonchev–Trinajstić information content (AvgIpc) is 3.00. The number of ether oxygens (including phenoxy) is 4. The van der Waals surface area contributed by atoms with Gasteiger partial charge in [-0.25, -0.2) is 0 Å². The topological polar surface area (TPSA) is 60.7 Å².